The third-order valence-electron chi connectivity index (χ3n) is 4.95. The molecule has 1 aliphatic rings. The third-order valence-corrected chi connectivity index (χ3v) is 5.47. The van der Waals surface area contributed by atoms with Gasteiger partial charge in [-0.15, -0.1) is 0 Å². The lowest BCUT2D eigenvalue weighted by atomic mass is 10.0. The van der Waals surface area contributed by atoms with Crippen molar-refractivity contribution in [1.29, 1.82) is 0 Å². The van der Waals surface area contributed by atoms with E-state index >= 15 is 0 Å². The number of hydrogen-bond acceptors (Lipinski definition) is 3. The van der Waals surface area contributed by atoms with Gasteiger partial charge in [0.05, 0.1) is 13.2 Å². The number of morpholine rings is 1. The minimum atomic E-state index is -0.670. The van der Waals surface area contributed by atoms with Crippen LogP contribution in [-0.2, 0) is 9.53 Å². The van der Waals surface area contributed by atoms with E-state index in [2.05, 4.69) is 21.2 Å². The van der Waals surface area contributed by atoms with Crippen LogP contribution in [0.3, 0.4) is 0 Å². The second kappa shape index (κ2) is 9.50. The first-order valence-corrected chi connectivity index (χ1v) is 10.4. The highest BCUT2D eigenvalue weighted by molar-refractivity contribution is 9.10. The van der Waals surface area contributed by atoms with E-state index in [1.54, 1.807) is 4.90 Å². The monoisotopic (exact) mass is 462 g/mol. The second-order valence-corrected chi connectivity index (χ2v) is 8.31. The zero-order chi connectivity index (χ0) is 21.0. The number of nitrogens with one attached hydrogen (secondary N) is 1. The van der Waals surface area contributed by atoms with Gasteiger partial charge in [0.1, 0.15) is 18.0 Å². The van der Waals surface area contributed by atoms with Crippen LogP contribution in [0.1, 0.15) is 35.9 Å². The van der Waals surface area contributed by atoms with E-state index in [1.165, 1.54) is 24.3 Å². The maximum Gasteiger partial charge on any atom is 0.251 e. The van der Waals surface area contributed by atoms with Gasteiger partial charge in [-0.1, -0.05) is 41.9 Å². The van der Waals surface area contributed by atoms with E-state index < -0.39 is 17.8 Å². The van der Waals surface area contributed by atoms with Crippen LogP contribution in [0.2, 0.25) is 0 Å². The van der Waals surface area contributed by atoms with Gasteiger partial charge >= 0.3 is 0 Å². The largest absolute Gasteiger partial charge is 0.370 e. The molecule has 2 aromatic carbocycles. The average Bonchev–Trinajstić information content (AvgIpc) is 2.72. The molecule has 0 saturated carbocycles. The van der Waals surface area contributed by atoms with E-state index in [9.17, 15) is 14.0 Å². The van der Waals surface area contributed by atoms with Crippen molar-refractivity contribution in [3.63, 3.8) is 0 Å². The summed E-state index contributed by atoms with van der Waals surface area (Å²) >= 11 is 3.42. The van der Waals surface area contributed by atoms with Gasteiger partial charge < -0.3 is 15.0 Å². The van der Waals surface area contributed by atoms with Gasteiger partial charge in [-0.05, 0) is 47.9 Å². The van der Waals surface area contributed by atoms with E-state index in [1.807, 2.05) is 38.1 Å². The van der Waals surface area contributed by atoms with Crippen LogP contribution in [0.5, 0.6) is 0 Å². The lowest BCUT2D eigenvalue weighted by Crippen LogP contribution is -2.54. The molecule has 2 unspecified atom stereocenters. The number of ether oxygens (including phenoxy) is 1. The van der Waals surface area contributed by atoms with Crippen molar-refractivity contribution in [3.8, 4) is 0 Å². The fraction of sp³-hybridized carbons (Fsp3) is 0.364. The molecule has 5 nitrogen and oxygen atoms in total. The molecular weight excluding hydrogens is 439 g/mol. The predicted molar refractivity (Wildman–Crippen MR) is 112 cm³/mol. The molecule has 0 aliphatic carbocycles. The van der Waals surface area contributed by atoms with Crippen molar-refractivity contribution < 1.29 is 18.7 Å². The Kier molecular flexibility index (Phi) is 7.03. The van der Waals surface area contributed by atoms with Crippen LogP contribution in [0.4, 0.5) is 4.39 Å². The van der Waals surface area contributed by atoms with E-state index in [0.717, 1.165) is 10.0 Å². The SMILES string of the molecule is CC(C)C(NC(=O)c1ccc(F)cc1)C(=O)N1CCOC(c2ccc(Br)cc2)C1. The van der Waals surface area contributed by atoms with Crippen molar-refractivity contribution in [3.05, 3.63) is 69.9 Å². The Balaban J connectivity index is 1.70. The molecule has 7 heteroatoms. The van der Waals surface area contributed by atoms with Crippen molar-refractivity contribution in [2.45, 2.75) is 26.0 Å². The highest BCUT2D eigenvalue weighted by Gasteiger charge is 2.32. The molecule has 2 atom stereocenters. The standard InChI is InChI=1S/C22H24BrFN2O3/c1-14(2)20(25-21(27)16-5-9-18(24)10-6-16)22(28)26-11-12-29-19(13-26)15-3-7-17(23)8-4-15/h3-10,14,19-20H,11-13H2,1-2H3,(H,25,27). The Hall–Kier alpha value is -2.25. The van der Waals surface area contributed by atoms with Crippen LogP contribution in [0.15, 0.2) is 53.0 Å². The van der Waals surface area contributed by atoms with E-state index in [0.29, 0.717) is 25.3 Å². The molecule has 1 fully saturated rings. The summed E-state index contributed by atoms with van der Waals surface area (Å²) < 4.78 is 19.9. The smallest absolute Gasteiger partial charge is 0.251 e. The second-order valence-electron chi connectivity index (χ2n) is 7.40. The van der Waals surface area contributed by atoms with Gasteiger partial charge in [0.25, 0.3) is 5.91 Å². The summed E-state index contributed by atoms with van der Waals surface area (Å²) in [7, 11) is 0. The lowest BCUT2D eigenvalue weighted by molar-refractivity contribution is -0.142. The van der Waals surface area contributed by atoms with E-state index in [4.69, 9.17) is 4.74 Å². The summed E-state index contributed by atoms with van der Waals surface area (Å²) in [6.07, 6.45) is -0.207. The number of rotatable bonds is 5. The molecule has 2 amide bonds. The zero-order valence-electron chi connectivity index (χ0n) is 16.4. The molecular formula is C22H24BrFN2O3. The molecule has 0 aromatic heterocycles. The molecule has 154 valence electrons. The summed E-state index contributed by atoms with van der Waals surface area (Å²) in [5.74, 6) is -1.04. The number of carbonyl (C=O) groups excluding carboxylic acids is 2. The summed E-state index contributed by atoms with van der Waals surface area (Å²) in [6.45, 7) is 5.11. The number of hydrogen-bond donors (Lipinski definition) is 1. The summed E-state index contributed by atoms with van der Waals surface area (Å²) in [5.41, 5.74) is 1.32. The number of nitrogens with zero attached hydrogens (tertiary/aromatic N) is 1. The maximum absolute atomic E-state index is 13.2. The topological polar surface area (TPSA) is 58.6 Å². The molecule has 1 saturated heterocycles. The highest BCUT2D eigenvalue weighted by Crippen LogP contribution is 2.24. The van der Waals surface area contributed by atoms with Crippen molar-refractivity contribution >= 4 is 27.7 Å². The maximum atomic E-state index is 13.2. The normalized spacial score (nSPS) is 17.8. The Morgan fingerprint density at radius 1 is 1.14 bits per heavy atom. The highest BCUT2D eigenvalue weighted by atomic mass is 79.9. The van der Waals surface area contributed by atoms with Crippen LogP contribution in [0.25, 0.3) is 0 Å². The first-order valence-electron chi connectivity index (χ1n) is 9.57. The Bertz CT molecular complexity index is 855. The molecule has 2 aromatic rings. The molecule has 29 heavy (non-hydrogen) atoms. The average molecular weight is 463 g/mol. The molecule has 0 radical (unpaired) electrons. The lowest BCUT2D eigenvalue weighted by Gasteiger charge is -2.36. The minimum absolute atomic E-state index is 0.0964. The van der Waals surface area contributed by atoms with Gasteiger partial charge in [-0.2, -0.15) is 0 Å². The van der Waals surface area contributed by atoms with Gasteiger partial charge in [0, 0.05) is 16.6 Å². The molecule has 1 aliphatic heterocycles. The van der Waals surface area contributed by atoms with Gasteiger partial charge in [-0.25, -0.2) is 4.39 Å². The first kappa shape index (κ1) is 21.5. The zero-order valence-corrected chi connectivity index (χ0v) is 18.0. The Labute approximate surface area is 178 Å². The molecule has 0 bridgehead atoms. The van der Waals surface area contributed by atoms with Crippen LogP contribution < -0.4 is 5.32 Å². The van der Waals surface area contributed by atoms with Crippen LogP contribution >= 0.6 is 15.9 Å². The number of amides is 2. The Morgan fingerprint density at radius 2 is 1.79 bits per heavy atom. The quantitative estimate of drug-likeness (QED) is 0.731. The summed E-state index contributed by atoms with van der Waals surface area (Å²) in [6, 6.07) is 12.4. The van der Waals surface area contributed by atoms with Gasteiger partial charge in [-0.3, -0.25) is 9.59 Å². The van der Waals surface area contributed by atoms with Gasteiger partial charge in [0.2, 0.25) is 5.91 Å². The first-order chi connectivity index (χ1) is 13.8. The Morgan fingerprint density at radius 3 is 2.41 bits per heavy atom. The fourth-order valence-electron chi connectivity index (χ4n) is 3.26. The summed E-state index contributed by atoms with van der Waals surface area (Å²) in [4.78, 5) is 27.5. The van der Waals surface area contributed by atoms with Crippen molar-refractivity contribution in [1.82, 2.24) is 10.2 Å². The van der Waals surface area contributed by atoms with Gasteiger partial charge in [0.15, 0.2) is 0 Å². The van der Waals surface area contributed by atoms with Crippen molar-refractivity contribution in [2.24, 2.45) is 5.92 Å². The van der Waals surface area contributed by atoms with Crippen LogP contribution in [0, 0.1) is 11.7 Å². The minimum Gasteiger partial charge on any atom is -0.370 e. The van der Waals surface area contributed by atoms with Crippen molar-refractivity contribution in [2.75, 3.05) is 19.7 Å². The molecule has 1 N–H and O–H groups in total. The molecule has 1 heterocycles. The number of carbonyl (C=O) groups is 2. The third kappa shape index (κ3) is 5.42. The number of benzene rings is 2. The molecule has 0 spiro atoms. The van der Waals surface area contributed by atoms with E-state index in [-0.39, 0.29) is 17.9 Å². The predicted octanol–water partition coefficient (Wildman–Crippen LogP) is 3.94. The number of halogens is 2. The fourth-order valence-corrected chi connectivity index (χ4v) is 3.53. The van der Waals surface area contributed by atoms with Crippen LogP contribution in [-0.4, -0.2) is 42.5 Å². The molecule has 3 rings (SSSR count). The summed E-state index contributed by atoms with van der Waals surface area (Å²) in [5, 5.41) is 2.81.